The fourth-order valence-corrected chi connectivity index (χ4v) is 5.96. The number of hydrogen-bond acceptors (Lipinski definition) is 6. The van der Waals surface area contributed by atoms with Crippen LogP contribution >= 0.6 is 0 Å². The Balaban J connectivity index is 1.38. The van der Waals surface area contributed by atoms with Gasteiger partial charge < -0.3 is 24.4 Å². The third kappa shape index (κ3) is 6.82. The number of halogens is 1. The van der Waals surface area contributed by atoms with Gasteiger partial charge in [0.25, 0.3) is 5.91 Å². The molecule has 1 N–H and O–H groups in total. The van der Waals surface area contributed by atoms with Crippen LogP contribution < -0.4 is 15.0 Å². The van der Waals surface area contributed by atoms with Gasteiger partial charge in [0.05, 0.1) is 32.1 Å². The van der Waals surface area contributed by atoms with Crippen molar-refractivity contribution in [3.8, 4) is 5.75 Å². The number of ether oxygens (including phenoxy) is 3. The van der Waals surface area contributed by atoms with Crippen LogP contribution in [0.2, 0.25) is 0 Å². The smallest absolute Gasteiger partial charge is 0.256 e. The zero-order chi connectivity index (χ0) is 29.5. The highest BCUT2D eigenvalue weighted by Gasteiger charge is 2.29. The molecule has 8 heteroatoms. The number of amides is 1. The van der Waals surface area contributed by atoms with Gasteiger partial charge in [-0.3, -0.25) is 9.59 Å². The van der Waals surface area contributed by atoms with Crippen LogP contribution in [0.4, 0.5) is 15.8 Å². The van der Waals surface area contributed by atoms with Crippen LogP contribution in [0, 0.1) is 11.7 Å². The Hall–Kier alpha value is -3.75. The number of carbonyl (C=O) groups is 2. The summed E-state index contributed by atoms with van der Waals surface area (Å²) in [5.41, 5.74) is 4.74. The highest BCUT2D eigenvalue weighted by molar-refractivity contribution is 6.06. The number of Topliss-reactive ketones (excluding diaryl/α,β-unsaturated/α-hetero) is 1. The Morgan fingerprint density at radius 1 is 1.00 bits per heavy atom. The van der Waals surface area contributed by atoms with Crippen LogP contribution in [0.25, 0.3) is 0 Å². The van der Waals surface area contributed by atoms with Gasteiger partial charge in [-0.2, -0.15) is 0 Å². The molecule has 2 saturated heterocycles. The van der Waals surface area contributed by atoms with Crippen LogP contribution in [-0.4, -0.2) is 51.2 Å². The van der Waals surface area contributed by atoms with E-state index in [2.05, 4.69) is 17.1 Å². The molecule has 0 aromatic heterocycles. The zero-order valence-electron chi connectivity index (χ0n) is 24.4. The molecule has 3 aromatic carbocycles. The number of rotatable bonds is 10. The lowest BCUT2D eigenvalue weighted by atomic mass is 9.88. The van der Waals surface area contributed by atoms with Gasteiger partial charge in [0.15, 0.2) is 5.78 Å². The van der Waals surface area contributed by atoms with Crippen LogP contribution in [0.1, 0.15) is 64.4 Å². The number of anilines is 2. The Bertz CT molecular complexity index is 1380. The second-order valence-electron chi connectivity index (χ2n) is 10.9. The van der Waals surface area contributed by atoms with Crippen molar-refractivity contribution in [3.05, 3.63) is 88.7 Å². The summed E-state index contributed by atoms with van der Waals surface area (Å²) in [5, 5.41) is 3.02. The standard InChI is InChI=1S/C34H39FN2O5/c1-3-27-29(22-42-26-7-6-20-41-21-26)28(34(39)36-30-8-4-5-9-32(30)40-2)14-15-31(27)37-18-16-24(17-19-37)33(38)23-10-12-25(35)13-11-23/h4-5,8-15,24,26H,3,6-7,16-22H2,1-2H3,(H,36,39). The van der Waals surface area contributed by atoms with Gasteiger partial charge in [0, 0.05) is 42.4 Å². The first-order chi connectivity index (χ1) is 20.5. The van der Waals surface area contributed by atoms with Crippen molar-refractivity contribution in [1.29, 1.82) is 0 Å². The Morgan fingerprint density at radius 2 is 1.76 bits per heavy atom. The highest BCUT2D eigenvalue weighted by atomic mass is 19.1. The number of hydrogen-bond donors (Lipinski definition) is 1. The van der Waals surface area contributed by atoms with E-state index >= 15 is 0 Å². The molecule has 0 spiro atoms. The molecule has 0 bridgehead atoms. The molecule has 0 radical (unpaired) electrons. The molecule has 5 rings (SSSR count). The van der Waals surface area contributed by atoms with Crippen molar-refractivity contribution in [3.63, 3.8) is 0 Å². The average molecular weight is 575 g/mol. The first-order valence-corrected chi connectivity index (χ1v) is 14.8. The zero-order valence-corrected chi connectivity index (χ0v) is 24.4. The highest BCUT2D eigenvalue weighted by Crippen LogP contribution is 2.34. The third-order valence-corrected chi connectivity index (χ3v) is 8.28. The summed E-state index contributed by atoms with van der Waals surface area (Å²) in [5.74, 6) is -0.00477. The van der Waals surface area contributed by atoms with E-state index in [1.165, 1.54) is 12.1 Å². The number of nitrogens with one attached hydrogen (secondary N) is 1. The molecule has 222 valence electrons. The summed E-state index contributed by atoms with van der Waals surface area (Å²) in [7, 11) is 1.58. The molecule has 2 aliphatic rings. The summed E-state index contributed by atoms with van der Waals surface area (Å²) >= 11 is 0. The minimum absolute atomic E-state index is 0.00883. The molecule has 0 aliphatic carbocycles. The summed E-state index contributed by atoms with van der Waals surface area (Å²) in [4.78, 5) is 29.0. The quantitative estimate of drug-likeness (QED) is 0.281. The predicted molar refractivity (Wildman–Crippen MR) is 161 cm³/mol. The van der Waals surface area contributed by atoms with Crippen molar-refractivity contribution >= 4 is 23.1 Å². The third-order valence-electron chi connectivity index (χ3n) is 8.28. The number of para-hydroxylation sites is 2. The van der Waals surface area contributed by atoms with E-state index in [1.807, 2.05) is 36.4 Å². The molecule has 1 atom stereocenters. The van der Waals surface area contributed by atoms with E-state index in [4.69, 9.17) is 14.2 Å². The maximum absolute atomic E-state index is 13.7. The van der Waals surface area contributed by atoms with Gasteiger partial charge >= 0.3 is 0 Å². The normalized spacial score (nSPS) is 17.6. The Kier molecular flexibility index (Phi) is 9.87. The van der Waals surface area contributed by atoms with E-state index in [9.17, 15) is 14.0 Å². The monoisotopic (exact) mass is 574 g/mol. The van der Waals surface area contributed by atoms with Crippen LogP contribution in [0.3, 0.4) is 0 Å². The van der Waals surface area contributed by atoms with Gasteiger partial charge in [0.1, 0.15) is 11.6 Å². The van der Waals surface area contributed by atoms with Crippen LogP contribution in [0.15, 0.2) is 60.7 Å². The lowest BCUT2D eigenvalue weighted by Gasteiger charge is -2.35. The fourth-order valence-electron chi connectivity index (χ4n) is 5.96. The van der Waals surface area contributed by atoms with Gasteiger partial charge in [-0.25, -0.2) is 4.39 Å². The first-order valence-electron chi connectivity index (χ1n) is 14.8. The Morgan fingerprint density at radius 3 is 2.45 bits per heavy atom. The summed E-state index contributed by atoms with van der Waals surface area (Å²) in [6.45, 7) is 5.14. The fraction of sp³-hybridized carbons (Fsp3) is 0.412. The molecule has 2 heterocycles. The molecular formula is C34H39FN2O5. The maximum Gasteiger partial charge on any atom is 0.256 e. The molecular weight excluding hydrogens is 535 g/mol. The molecule has 42 heavy (non-hydrogen) atoms. The molecule has 1 unspecified atom stereocenters. The SMILES string of the molecule is CCc1c(N2CCC(C(=O)c3ccc(F)cc3)CC2)ccc(C(=O)Nc2ccccc2OC)c1COC1CCCOC1. The molecule has 1 amide bonds. The number of carbonyl (C=O) groups excluding carboxylic acids is 2. The number of methoxy groups -OCH3 is 1. The lowest BCUT2D eigenvalue weighted by Crippen LogP contribution is -2.37. The predicted octanol–water partition coefficient (Wildman–Crippen LogP) is 6.44. The van der Waals surface area contributed by atoms with Gasteiger partial charge in [0.2, 0.25) is 0 Å². The molecule has 2 fully saturated rings. The molecule has 7 nitrogen and oxygen atoms in total. The van der Waals surface area contributed by atoms with Gasteiger partial charge in [-0.15, -0.1) is 0 Å². The average Bonchev–Trinajstić information content (AvgIpc) is 3.04. The first kappa shape index (κ1) is 29.7. The van der Waals surface area contributed by atoms with Crippen molar-refractivity contribution in [1.82, 2.24) is 0 Å². The number of benzene rings is 3. The molecule has 0 saturated carbocycles. The second-order valence-corrected chi connectivity index (χ2v) is 10.9. The number of nitrogens with zero attached hydrogens (tertiary/aromatic N) is 1. The van der Waals surface area contributed by atoms with E-state index in [0.29, 0.717) is 61.7 Å². The van der Waals surface area contributed by atoms with E-state index in [0.717, 1.165) is 42.7 Å². The Labute approximate surface area is 247 Å². The molecule has 3 aromatic rings. The molecule has 2 aliphatic heterocycles. The minimum atomic E-state index is -0.343. The van der Waals surface area contributed by atoms with E-state index in [-0.39, 0.29) is 29.5 Å². The lowest BCUT2D eigenvalue weighted by molar-refractivity contribution is -0.0571. The van der Waals surface area contributed by atoms with Crippen molar-refractivity contribution in [2.45, 2.75) is 51.7 Å². The van der Waals surface area contributed by atoms with Crippen molar-refractivity contribution < 1.29 is 28.2 Å². The largest absolute Gasteiger partial charge is 0.495 e. The minimum Gasteiger partial charge on any atom is -0.495 e. The van der Waals surface area contributed by atoms with Crippen molar-refractivity contribution in [2.24, 2.45) is 5.92 Å². The van der Waals surface area contributed by atoms with E-state index < -0.39 is 0 Å². The van der Waals surface area contributed by atoms with E-state index in [1.54, 1.807) is 19.2 Å². The number of ketones is 1. The van der Waals surface area contributed by atoms with Crippen LogP contribution in [-0.2, 0) is 22.5 Å². The van der Waals surface area contributed by atoms with Crippen LogP contribution in [0.5, 0.6) is 5.75 Å². The van der Waals surface area contributed by atoms with Gasteiger partial charge in [-0.05, 0) is 91.8 Å². The summed E-state index contributed by atoms with van der Waals surface area (Å²) < 4.78 is 30.7. The summed E-state index contributed by atoms with van der Waals surface area (Å²) in [6, 6.07) is 17.1. The van der Waals surface area contributed by atoms with Gasteiger partial charge in [-0.1, -0.05) is 19.1 Å². The van der Waals surface area contributed by atoms with Crippen molar-refractivity contribution in [2.75, 3.05) is 43.6 Å². The maximum atomic E-state index is 13.7. The summed E-state index contributed by atoms with van der Waals surface area (Å²) in [6.07, 6.45) is 4.02. The topological polar surface area (TPSA) is 77.1 Å². The number of piperidine rings is 1. The second kappa shape index (κ2) is 13.9.